The average molecular weight is 334 g/mol. The third kappa shape index (κ3) is 4.01. The van der Waals surface area contributed by atoms with Gasteiger partial charge in [-0.15, -0.1) is 0 Å². The molecular formula is C20H18N2O3. The van der Waals surface area contributed by atoms with Crippen molar-refractivity contribution < 1.29 is 14.3 Å². The number of nitrogens with zero attached hydrogens (tertiary/aromatic N) is 1. The topological polar surface area (TPSA) is 68.3 Å². The minimum absolute atomic E-state index is 0.148. The Bertz CT molecular complexity index is 894. The summed E-state index contributed by atoms with van der Waals surface area (Å²) in [4.78, 5) is 28.5. The number of aromatic nitrogens is 1. The summed E-state index contributed by atoms with van der Waals surface area (Å²) >= 11 is 0. The molecule has 1 atom stereocenters. The number of hydrogen-bond donors (Lipinski definition) is 1. The fourth-order valence-corrected chi connectivity index (χ4v) is 2.68. The van der Waals surface area contributed by atoms with Gasteiger partial charge in [0.25, 0.3) is 0 Å². The number of carbonyl (C=O) groups excluding carboxylic acids is 2. The van der Waals surface area contributed by atoms with Gasteiger partial charge >= 0.3 is 5.97 Å². The van der Waals surface area contributed by atoms with Crippen molar-refractivity contribution in [3.8, 4) is 0 Å². The van der Waals surface area contributed by atoms with Gasteiger partial charge in [-0.1, -0.05) is 42.5 Å². The van der Waals surface area contributed by atoms with Crippen molar-refractivity contribution in [1.82, 2.24) is 10.3 Å². The number of ether oxygens (including phenoxy) is 1. The molecule has 3 aromatic rings. The van der Waals surface area contributed by atoms with Crippen LogP contribution in [0.3, 0.4) is 0 Å². The highest BCUT2D eigenvalue weighted by molar-refractivity contribution is 5.89. The molecule has 0 aliphatic heterocycles. The van der Waals surface area contributed by atoms with Gasteiger partial charge in [-0.3, -0.25) is 9.78 Å². The fourth-order valence-electron chi connectivity index (χ4n) is 2.68. The van der Waals surface area contributed by atoms with Crippen molar-refractivity contribution in [3.63, 3.8) is 0 Å². The molecule has 1 heterocycles. The van der Waals surface area contributed by atoms with E-state index >= 15 is 0 Å². The van der Waals surface area contributed by atoms with Gasteiger partial charge in [-0.05, 0) is 34.0 Å². The van der Waals surface area contributed by atoms with Crippen LogP contribution in [0.1, 0.15) is 17.2 Å². The van der Waals surface area contributed by atoms with E-state index in [-0.39, 0.29) is 12.3 Å². The number of esters is 1. The first kappa shape index (κ1) is 16.6. The Balaban J connectivity index is 1.83. The van der Waals surface area contributed by atoms with Gasteiger partial charge in [0, 0.05) is 12.4 Å². The van der Waals surface area contributed by atoms with E-state index in [9.17, 15) is 9.59 Å². The van der Waals surface area contributed by atoms with Crippen molar-refractivity contribution in [2.24, 2.45) is 0 Å². The molecule has 0 saturated heterocycles. The Morgan fingerprint density at radius 3 is 2.60 bits per heavy atom. The van der Waals surface area contributed by atoms with Crippen molar-refractivity contribution in [3.05, 3.63) is 78.1 Å². The third-order valence-electron chi connectivity index (χ3n) is 3.94. The molecule has 0 unspecified atom stereocenters. The Morgan fingerprint density at radius 1 is 1.08 bits per heavy atom. The maximum absolute atomic E-state index is 12.3. The number of hydrogen-bond acceptors (Lipinski definition) is 4. The Kier molecular flexibility index (Phi) is 5.04. The molecule has 0 fully saturated rings. The van der Waals surface area contributed by atoms with Crippen LogP contribution in [0.15, 0.2) is 67.0 Å². The molecule has 25 heavy (non-hydrogen) atoms. The lowest BCUT2D eigenvalue weighted by Crippen LogP contribution is -2.35. The summed E-state index contributed by atoms with van der Waals surface area (Å²) in [5, 5.41) is 4.82. The molecule has 5 heteroatoms. The minimum Gasteiger partial charge on any atom is -0.467 e. The first-order chi connectivity index (χ1) is 12.2. The van der Waals surface area contributed by atoms with E-state index < -0.39 is 12.0 Å². The van der Waals surface area contributed by atoms with Crippen LogP contribution in [-0.2, 0) is 20.7 Å². The molecule has 126 valence electrons. The Morgan fingerprint density at radius 2 is 1.88 bits per heavy atom. The van der Waals surface area contributed by atoms with E-state index in [4.69, 9.17) is 4.74 Å². The molecule has 1 aromatic heterocycles. The summed E-state index contributed by atoms with van der Waals surface area (Å²) in [5.41, 5.74) is 1.47. The molecule has 5 nitrogen and oxygen atoms in total. The SMILES string of the molecule is COC(=O)[C@@H](NC(=O)Cc1cccnc1)c1ccc2ccccc2c1. The molecule has 1 amide bonds. The zero-order valence-corrected chi connectivity index (χ0v) is 13.8. The summed E-state index contributed by atoms with van der Waals surface area (Å²) in [6.07, 6.45) is 3.42. The lowest BCUT2D eigenvalue weighted by Gasteiger charge is -2.17. The van der Waals surface area contributed by atoms with E-state index in [0.29, 0.717) is 5.56 Å². The summed E-state index contributed by atoms with van der Waals surface area (Å²) in [6, 6.07) is 16.2. The van der Waals surface area contributed by atoms with E-state index in [1.54, 1.807) is 18.5 Å². The van der Waals surface area contributed by atoms with Gasteiger partial charge in [0.15, 0.2) is 6.04 Å². The molecule has 0 spiro atoms. The van der Waals surface area contributed by atoms with Crippen LogP contribution in [0, 0.1) is 0 Å². The van der Waals surface area contributed by atoms with Gasteiger partial charge in [0.1, 0.15) is 0 Å². The summed E-state index contributed by atoms with van der Waals surface area (Å²) < 4.78 is 4.86. The first-order valence-electron chi connectivity index (χ1n) is 7.92. The largest absolute Gasteiger partial charge is 0.467 e. The molecule has 1 N–H and O–H groups in total. The number of benzene rings is 2. The van der Waals surface area contributed by atoms with Crippen LogP contribution in [0.4, 0.5) is 0 Å². The highest BCUT2D eigenvalue weighted by Crippen LogP contribution is 2.21. The molecule has 0 radical (unpaired) electrons. The van der Waals surface area contributed by atoms with E-state index in [1.165, 1.54) is 7.11 Å². The molecule has 2 aromatic carbocycles. The number of nitrogens with one attached hydrogen (secondary N) is 1. The molecule has 0 saturated carbocycles. The fraction of sp³-hybridized carbons (Fsp3) is 0.150. The van der Waals surface area contributed by atoms with Crippen molar-refractivity contribution >= 4 is 22.6 Å². The Hall–Kier alpha value is -3.21. The van der Waals surface area contributed by atoms with Crippen LogP contribution in [-0.4, -0.2) is 24.0 Å². The van der Waals surface area contributed by atoms with E-state index in [0.717, 1.165) is 16.3 Å². The second-order valence-corrected chi connectivity index (χ2v) is 5.67. The first-order valence-corrected chi connectivity index (χ1v) is 7.92. The maximum Gasteiger partial charge on any atom is 0.333 e. The standard InChI is InChI=1S/C20H18N2O3/c1-25-20(24)19(22-18(23)11-14-5-4-10-21-13-14)17-9-8-15-6-2-3-7-16(15)12-17/h2-10,12-13,19H,11H2,1H3,(H,22,23)/t19-/m0/s1. The van der Waals surface area contributed by atoms with Crippen LogP contribution in [0.2, 0.25) is 0 Å². The number of amides is 1. The van der Waals surface area contributed by atoms with Gasteiger partial charge in [-0.2, -0.15) is 0 Å². The van der Waals surface area contributed by atoms with Crippen LogP contribution in [0.25, 0.3) is 10.8 Å². The smallest absolute Gasteiger partial charge is 0.333 e. The average Bonchev–Trinajstić information content (AvgIpc) is 2.66. The number of fused-ring (bicyclic) bond motifs is 1. The Labute approximate surface area is 145 Å². The van der Waals surface area contributed by atoms with Crippen molar-refractivity contribution in [2.45, 2.75) is 12.5 Å². The number of methoxy groups -OCH3 is 1. The van der Waals surface area contributed by atoms with E-state index in [2.05, 4.69) is 10.3 Å². The van der Waals surface area contributed by atoms with Crippen LogP contribution >= 0.6 is 0 Å². The van der Waals surface area contributed by atoms with Crippen molar-refractivity contribution in [1.29, 1.82) is 0 Å². The predicted octanol–water partition coefficient (Wildman–Crippen LogP) is 2.81. The van der Waals surface area contributed by atoms with Gasteiger partial charge in [0.05, 0.1) is 13.5 Å². The number of pyridine rings is 1. The zero-order chi connectivity index (χ0) is 17.6. The second-order valence-electron chi connectivity index (χ2n) is 5.67. The normalized spacial score (nSPS) is 11.7. The number of carbonyl (C=O) groups is 2. The minimum atomic E-state index is -0.848. The lowest BCUT2D eigenvalue weighted by molar-refractivity contribution is -0.145. The lowest BCUT2D eigenvalue weighted by atomic mass is 10.0. The van der Waals surface area contributed by atoms with Crippen LogP contribution < -0.4 is 5.32 Å². The van der Waals surface area contributed by atoms with E-state index in [1.807, 2.05) is 48.5 Å². The highest BCUT2D eigenvalue weighted by Gasteiger charge is 2.23. The van der Waals surface area contributed by atoms with Gasteiger partial charge in [0.2, 0.25) is 5.91 Å². The zero-order valence-electron chi connectivity index (χ0n) is 13.8. The maximum atomic E-state index is 12.3. The third-order valence-corrected chi connectivity index (χ3v) is 3.94. The second kappa shape index (κ2) is 7.57. The molecule has 3 rings (SSSR count). The summed E-state index contributed by atoms with van der Waals surface area (Å²) in [6.45, 7) is 0. The van der Waals surface area contributed by atoms with Crippen molar-refractivity contribution in [2.75, 3.05) is 7.11 Å². The predicted molar refractivity (Wildman–Crippen MR) is 94.8 cm³/mol. The molecule has 0 bridgehead atoms. The summed E-state index contributed by atoms with van der Waals surface area (Å²) in [7, 11) is 1.31. The molecular weight excluding hydrogens is 316 g/mol. The van der Waals surface area contributed by atoms with Gasteiger partial charge < -0.3 is 10.1 Å². The summed E-state index contributed by atoms with van der Waals surface area (Å²) in [5.74, 6) is -0.772. The molecule has 0 aliphatic carbocycles. The quantitative estimate of drug-likeness (QED) is 0.729. The highest BCUT2D eigenvalue weighted by atomic mass is 16.5. The molecule has 0 aliphatic rings. The number of rotatable bonds is 5. The van der Waals surface area contributed by atoms with Crippen LogP contribution in [0.5, 0.6) is 0 Å². The van der Waals surface area contributed by atoms with Gasteiger partial charge in [-0.25, -0.2) is 4.79 Å². The monoisotopic (exact) mass is 334 g/mol.